The van der Waals surface area contributed by atoms with Crippen molar-refractivity contribution in [2.45, 2.75) is 4.90 Å². The average molecular weight is 457 g/mol. The molecule has 2 N–H and O–H groups in total. The van der Waals surface area contributed by atoms with Crippen molar-refractivity contribution in [3.05, 3.63) is 41.7 Å². The summed E-state index contributed by atoms with van der Waals surface area (Å²) in [4.78, 5) is 13.1. The molecule has 0 radical (unpaired) electrons. The normalized spacial score (nSPS) is 14.3. The number of carboxylic acid groups (broad SMARTS) is 1. The van der Waals surface area contributed by atoms with E-state index in [-0.39, 0.29) is 22.7 Å². The first-order chi connectivity index (χ1) is 14.3. The molecule has 0 unspecified atom stereocenters. The summed E-state index contributed by atoms with van der Waals surface area (Å²) < 4.78 is 52.2. The minimum atomic E-state index is -4.35. The van der Waals surface area contributed by atoms with Gasteiger partial charge in [-0.1, -0.05) is 0 Å². The maximum Gasteiger partial charge on any atom is 0.337 e. The van der Waals surface area contributed by atoms with Crippen molar-refractivity contribution in [3.63, 3.8) is 0 Å². The number of anilines is 2. The van der Waals surface area contributed by atoms with Crippen LogP contribution in [0.1, 0.15) is 10.4 Å². The second kappa shape index (κ2) is 9.00. The number of nitrogens with one attached hydrogen (secondary N) is 1. The Balaban J connectivity index is 1.95. The Morgan fingerprint density at radius 2 is 1.77 bits per heavy atom. The third kappa shape index (κ3) is 4.57. The highest BCUT2D eigenvalue weighted by Crippen LogP contribution is 2.33. The largest absolute Gasteiger partial charge is 0.493 e. The summed E-state index contributed by atoms with van der Waals surface area (Å²) in [7, 11) is -1.74. The van der Waals surface area contributed by atoms with Gasteiger partial charge in [-0.2, -0.15) is 11.8 Å². The number of carbonyl (C=O) groups is 1. The Bertz CT molecular complexity index is 1060. The van der Waals surface area contributed by atoms with Crippen LogP contribution < -0.4 is 19.1 Å². The molecule has 0 saturated carbocycles. The Morgan fingerprint density at radius 3 is 2.37 bits per heavy atom. The highest BCUT2D eigenvalue weighted by atomic mass is 32.2. The third-order valence-corrected chi connectivity index (χ3v) is 6.90. The Kier molecular flexibility index (Phi) is 6.61. The zero-order valence-electron chi connectivity index (χ0n) is 16.3. The average Bonchev–Trinajstić information content (AvgIpc) is 2.73. The van der Waals surface area contributed by atoms with Crippen LogP contribution in [-0.4, -0.2) is 58.3 Å². The number of methoxy groups -OCH3 is 2. The molecule has 1 heterocycles. The van der Waals surface area contributed by atoms with E-state index in [0.717, 1.165) is 23.6 Å². The van der Waals surface area contributed by atoms with E-state index in [1.807, 2.05) is 4.90 Å². The summed E-state index contributed by atoms with van der Waals surface area (Å²) in [5, 5.41) is 9.61. The number of ether oxygens (including phenoxy) is 2. The van der Waals surface area contributed by atoms with Crippen molar-refractivity contribution in [1.82, 2.24) is 0 Å². The third-order valence-electron chi connectivity index (χ3n) is 4.56. The Hall–Kier alpha value is -2.66. The maximum absolute atomic E-state index is 14.4. The van der Waals surface area contributed by atoms with Crippen molar-refractivity contribution in [2.75, 3.05) is 48.4 Å². The molecule has 0 amide bonds. The van der Waals surface area contributed by atoms with Gasteiger partial charge in [0, 0.05) is 42.4 Å². The molecule has 1 fully saturated rings. The molecule has 3 rings (SSSR count). The lowest BCUT2D eigenvalue weighted by molar-refractivity contribution is 0.0697. The van der Waals surface area contributed by atoms with Gasteiger partial charge in [-0.15, -0.1) is 0 Å². The van der Waals surface area contributed by atoms with Crippen LogP contribution in [0.4, 0.5) is 15.8 Å². The molecule has 0 aromatic heterocycles. The molecule has 1 saturated heterocycles. The van der Waals surface area contributed by atoms with Crippen LogP contribution >= 0.6 is 11.8 Å². The van der Waals surface area contributed by atoms with Crippen LogP contribution in [0.25, 0.3) is 0 Å². The standard InChI is InChI=1S/C19H21FN2O6S2/c1-27-16-10-14(20)18(11-17(16)28-2)30(25,26)21-12-3-4-15(13(9-12)19(23)24)22-5-7-29-8-6-22/h3-4,9-11,21H,5-8H2,1-2H3,(H,23,24). The highest BCUT2D eigenvalue weighted by molar-refractivity contribution is 7.99. The van der Waals surface area contributed by atoms with Gasteiger partial charge in [0.2, 0.25) is 0 Å². The predicted octanol–water partition coefficient (Wildman–Crippen LogP) is 2.90. The van der Waals surface area contributed by atoms with Gasteiger partial charge in [-0.3, -0.25) is 4.72 Å². The van der Waals surface area contributed by atoms with Crippen LogP contribution in [0.3, 0.4) is 0 Å². The van der Waals surface area contributed by atoms with Gasteiger partial charge >= 0.3 is 5.97 Å². The molecule has 1 aliphatic rings. The fourth-order valence-corrected chi connectivity index (χ4v) is 5.13. The van der Waals surface area contributed by atoms with E-state index in [0.29, 0.717) is 18.8 Å². The molecule has 0 atom stereocenters. The number of benzene rings is 2. The smallest absolute Gasteiger partial charge is 0.337 e. The fourth-order valence-electron chi connectivity index (χ4n) is 3.10. The van der Waals surface area contributed by atoms with E-state index >= 15 is 0 Å². The first-order valence-corrected chi connectivity index (χ1v) is 11.5. The number of hydrogen-bond acceptors (Lipinski definition) is 7. The molecule has 8 nitrogen and oxygen atoms in total. The molecule has 1 aliphatic heterocycles. The van der Waals surface area contributed by atoms with Crippen LogP contribution in [0.5, 0.6) is 11.5 Å². The number of hydrogen-bond donors (Lipinski definition) is 2. The van der Waals surface area contributed by atoms with E-state index in [2.05, 4.69) is 4.72 Å². The van der Waals surface area contributed by atoms with E-state index in [9.17, 15) is 22.7 Å². The molecule has 0 bridgehead atoms. The zero-order chi connectivity index (χ0) is 21.9. The molecule has 0 aliphatic carbocycles. The lowest BCUT2D eigenvalue weighted by Crippen LogP contribution is -2.33. The van der Waals surface area contributed by atoms with E-state index < -0.39 is 26.7 Å². The number of thioether (sulfide) groups is 1. The number of carboxylic acids is 1. The summed E-state index contributed by atoms with van der Waals surface area (Å²) in [6, 6.07) is 6.17. The molecule has 11 heteroatoms. The van der Waals surface area contributed by atoms with Crippen molar-refractivity contribution in [3.8, 4) is 11.5 Å². The van der Waals surface area contributed by atoms with Crippen molar-refractivity contribution < 1.29 is 32.2 Å². The van der Waals surface area contributed by atoms with Gasteiger partial charge < -0.3 is 19.5 Å². The summed E-state index contributed by atoms with van der Waals surface area (Å²) in [6.07, 6.45) is 0. The lowest BCUT2D eigenvalue weighted by Gasteiger charge is -2.29. The summed E-state index contributed by atoms with van der Waals surface area (Å²) in [6.45, 7) is 1.40. The summed E-state index contributed by atoms with van der Waals surface area (Å²) in [5.74, 6) is -0.351. The first-order valence-electron chi connectivity index (χ1n) is 8.91. The quantitative estimate of drug-likeness (QED) is 0.655. The summed E-state index contributed by atoms with van der Waals surface area (Å²) in [5.41, 5.74) is 0.495. The molecule has 2 aromatic carbocycles. The van der Waals surface area contributed by atoms with Gasteiger partial charge in [0.1, 0.15) is 10.7 Å². The van der Waals surface area contributed by atoms with Gasteiger partial charge in [0.25, 0.3) is 10.0 Å². The number of aromatic carboxylic acids is 1. The number of sulfonamides is 1. The van der Waals surface area contributed by atoms with Crippen LogP contribution in [0.2, 0.25) is 0 Å². The van der Waals surface area contributed by atoms with Crippen molar-refractivity contribution in [2.24, 2.45) is 0 Å². The number of nitrogens with zero attached hydrogens (tertiary/aromatic N) is 1. The maximum atomic E-state index is 14.4. The fraction of sp³-hybridized carbons (Fsp3) is 0.316. The number of halogens is 1. The highest BCUT2D eigenvalue weighted by Gasteiger charge is 2.24. The lowest BCUT2D eigenvalue weighted by atomic mass is 10.1. The van der Waals surface area contributed by atoms with Gasteiger partial charge in [0.15, 0.2) is 11.5 Å². The molecular weight excluding hydrogens is 435 g/mol. The second-order valence-corrected chi connectivity index (χ2v) is 9.26. The monoisotopic (exact) mass is 456 g/mol. The van der Waals surface area contributed by atoms with E-state index in [1.54, 1.807) is 17.8 Å². The van der Waals surface area contributed by atoms with Gasteiger partial charge in [-0.05, 0) is 18.2 Å². The summed E-state index contributed by atoms with van der Waals surface area (Å²) >= 11 is 1.79. The molecule has 2 aromatic rings. The van der Waals surface area contributed by atoms with Gasteiger partial charge in [0.05, 0.1) is 25.5 Å². The zero-order valence-corrected chi connectivity index (χ0v) is 18.0. The first kappa shape index (κ1) is 22.0. The molecule has 30 heavy (non-hydrogen) atoms. The SMILES string of the molecule is COc1cc(F)c(S(=O)(=O)Nc2ccc(N3CCSCC3)c(C(=O)O)c2)cc1OC. The van der Waals surface area contributed by atoms with Crippen LogP contribution in [-0.2, 0) is 10.0 Å². The van der Waals surface area contributed by atoms with E-state index in [4.69, 9.17) is 9.47 Å². The van der Waals surface area contributed by atoms with Crippen molar-refractivity contribution >= 4 is 39.1 Å². The topological polar surface area (TPSA) is 105 Å². The second-order valence-electron chi connectivity index (χ2n) is 6.38. The minimum Gasteiger partial charge on any atom is -0.493 e. The van der Waals surface area contributed by atoms with E-state index in [1.165, 1.54) is 26.4 Å². The van der Waals surface area contributed by atoms with Crippen molar-refractivity contribution in [1.29, 1.82) is 0 Å². The molecule has 0 spiro atoms. The molecule has 162 valence electrons. The minimum absolute atomic E-state index is 0.0109. The van der Waals surface area contributed by atoms with Crippen LogP contribution in [0.15, 0.2) is 35.2 Å². The molecular formula is C19H21FN2O6S2. The predicted molar refractivity (Wildman–Crippen MR) is 113 cm³/mol. The Morgan fingerprint density at radius 1 is 1.13 bits per heavy atom. The van der Waals surface area contributed by atoms with Gasteiger partial charge in [-0.25, -0.2) is 17.6 Å². The Labute approximate surface area is 178 Å². The number of rotatable bonds is 7. The van der Waals surface area contributed by atoms with Crippen LogP contribution in [0, 0.1) is 5.82 Å².